The highest BCUT2D eigenvalue weighted by Gasteiger charge is 1.82. The van der Waals surface area contributed by atoms with Gasteiger partial charge in [-0.2, -0.15) is 0 Å². The Kier molecular flexibility index (Phi) is 3.12. The minimum atomic E-state index is 0.799. The molecular formula is C8H11N3. The average molecular weight is 149 g/mol. The van der Waals surface area contributed by atoms with Crippen LogP contribution >= 0.6 is 0 Å². The fraction of sp³-hybridized carbons (Fsp3) is 0.250. The molecule has 0 bridgehead atoms. The standard InChI is InChI=1S/C8H11N3/c1-2-9-7-11-8-4-3-5-10-6-8/h3-7H,2H2,1H3,(H,9,11). The Morgan fingerprint density at radius 1 is 1.73 bits per heavy atom. The summed E-state index contributed by atoms with van der Waals surface area (Å²) in [7, 11) is 0. The molecule has 0 saturated heterocycles. The lowest BCUT2D eigenvalue weighted by Crippen LogP contribution is -1.94. The van der Waals surface area contributed by atoms with Gasteiger partial charge in [-0.15, -0.1) is 0 Å². The molecule has 1 N–H and O–H groups in total. The first-order chi connectivity index (χ1) is 5.43. The second-order valence-corrected chi connectivity index (χ2v) is 2.01. The predicted molar refractivity (Wildman–Crippen MR) is 46.9 cm³/mol. The molecule has 3 nitrogen and oxygen atoms in total. The van der Waals surface area contributed by atoms with Crippen molar-refractivity contribution in [3.8, 4) is 0 Å². The Balaban J connectivity index is 2.45. The number of anilines is 1. The van der Waals surface area contributed by atoms with Crippen molar-refractivity contribution >= 4 is 12.0 Å². The molecule has 58 valence electrons. The summed E-state index contributed by atoms with van der Waals surface area (Å²) in [6.07, 6.45) is 5.17. The molecule has 3 heteroatoms. The Morgan fingerprint density at radius 3 is 3.27 bits per heavy atom. The third-order valence-electron chi connectivity index (χ3n) is 1.17. The Hall–Kier alpha value is -1.38. The van der Waals surface area contributed by atoms with Crippen LogP contribution in [0, 0.1) is 0 Å². The van der Waals surface area contributed by atoms with E-state index in [0.717, 1.165) is 12.2 Å². The Bertz CT molecular complexity index is 218. The predicted octanol–water partition coefficient (Wildman–Crippen LogP) is 1.54. The van der Waals surface area contributed by atoms with Crippen molar-refractivity contribution in [1.29, 1.82) is 0 Å². The fourth-order valence-electron chi connectivity index (χ4n) is 0.660. The van der Waals surface area contributed by atoms with Gasteiger partial charge in [0.05, 0.1) is 18.2 Å². The lowest BCUT2D eigenvalue weighted by atomic mass is 10.4. The maximum Gasteiger partial charge on any atom is 0.0868 e. The number of hydrogen-bond donors (Lipinski definition) is 1. The molecule has 1 heterocycles. The molecule has 0 aliphatic rings. The van der Waals surface area contributed by atoms with Crippen LogP contribution < -0.4 is 5.32 Å². The van der Waals surface area contributed by atoms with Crippen LogP contribution in [-0.2, 0) is 0 Å². The molecule has 1 aromatic rings. The molecule has 0 unspecified atom stereocenters. The average Bonchev–Trinajstić information content (AvgIpc) is 2.07. The van der Waals surface area contributed by atoms with E-state index < -0.39 is 0 Å². The van der Waals surface area contributed by atoms with Crippen molar-refractivity contribution in [3.05, 3.63) is 24.5 Å². The van der Waals surface area contributed by atoms with Gasteiger partial charge in [-0.3, -0.25) is 9.98 Å². The summed E-state index contributed by atoms with van der Waals surface area (Å²) >= 11 is 0. The lowest BCUT2D eigenvalue weighted by molar-refractivity contribution is 1.14. The van der Waals surface area contributed by atoms with Gasteiger partial charge in [0.15, 0.2) is 0 Å². The van der Waals surface area contributed by atoms with E-state index in [1.807, 2.05) is 19.1 Å². The Morgan fingerprint density at radius 2 is 2.64 bits per heavy atom. The molecule has 0 saturated carbocycles. The van der Waals surface area contributed by atoms with Crippen LogP contribution in [0.1, 0.15) is 6.92 Å². The van der Waals surface area contributed by atoms with Gasteiger partial charge in [0.1, 0.15) is 0 Å². The zero-order chi connectivity index (χ0) is 7.94. The van der Waals surface area contributed by atoms with Crippen LogP contribution in [0.3, 0.4) is 0 Å². The normalized spacial score (nSPS) is 10.3. The lowest BCUT2D eigenvalue weighted by Gasteiger charge is -1.95. The van der Waals surface area contributed by atoms with E-state index in [1.54, 1.807) is 18.7 Å². The van der Waals surface area contributed by atoms with Gasteiger partial charge in [0.25, 0.3) is 0 Å². The molecule has 0 fully saturated rings. The van der Waals surface area contributed by atoms with Crippen LogP contribution in [0.25, 0.3) is 0 Å². The van der Waals surface area contributed by atoms with E-state index in [1.165, 1.54) is 0 Å². The monoisotopic (exact) mass is 149 g/mol. The van der Waals surface area contributed by atoms with E-state index >= 15 is 0 Å². The first-order valence-electron chi connectivity index (χ1n) is 3.58. The summed E-state index contributed by atoms with van der Waals surface area (Å²) in [4.78, 5) is 7.94. The fourth-order valence-corrected chi connectivity index (χ4v) is 0.660. The third kappa shape index (κ3) is 2.80. The first kappa shape index (κ1) is 7.72. The third-order valence-corrected chi connectivity index (χ3v) is 1.17. The number of aromatic nitrogens is 1. The van der Waals surface area contributed by atoms with Gasteiger partial charge in [-0.25, -0.2) is 0 Å². The van der Waals surface area contributed by atoms with Gasteiger partial charge in [-0.1, -0.05) is 0 Å². The quantitative estimate of drug-likeness (QED) is 0.523. The molecule has 0 aromatic carbocycles. The zero-order valence-electron chi connectivity index (χ0n) is 6.49. The molecule has 0 radical (unpaired) electrons. The van der Waals surface area contributed by atoms with Gasteiger partial charge < -0.3 is 5.32 Å². The molecule has 1 rings (SSSR count). The molecule has 0 spiro atoms. The van der Waals surface area contributed by atoms with E-state index in [4.69, 9.17) is 0 Å². The van der Waals surface area contributed by atoms with E-state index in [-0.39, 0.29) is 0 Å². The van der Waals surface area contributed by atoms with Crippen molar-refractivity contribution in [2.75, 3.05) is 11.9 Å². The summed E-state index contributed by atoms with van der Waals surface area (Å²) in [5.74, 6) is 0. The number of nitrogens with zero attached hydrogens (tertiary/aromatic N) is 2. The summed E-state index contributed by atoms with van der Waals surface area (Å²) in [5, 5.41) is 2.99. The van der Waals surface area contributed by atoms with E-state index in [0.29, 0.717) is 0 Å². The molecular weight excluding hydrogens is 138 g/mol. The van der Waals surface area contributed by atoms with Gasteiger partial charge in [-0.05, 0) is 19.1 Å². The second kappa shape index (κ2) is 4.44. The van der Waals surface area contributed by atoms with E-state index in [9.17, 15) is 0 Å². The highest BCUT2D eigenvalue weighted by molar-refractivity contribution is 5.74. The highest BCUT2D eigenvalue weighted by Crippen LogP contribution is 1.99. The van der Waals surface area contributed by atoms with Crippen LogP contribution in [-0.4, -0.2) is 17.9 Å². The van der Waals surface area contributed by atoms with Crippen molar-refractivity contribution in [3.63, 3.8) is 0 Å². The molecule has 0 aliphatic heterocycles. The minimum Gasteiger partial charge on any atom is -0.345 e. The Labute approximate surface area is 66.2 Å². The van der Waals surface area contributed by atoms with Gasteiger partial charge >= 0.3 is 0 Å². The largest absolute Gasteiger partial charge is 0.345 e. The SMILES string of the molecule is CCN=CNc1cccnc1. The molecule has 1 aromatic heterocycles. The molecule has 11 heavy (non-hydrogen) atoms. The molecule has 0 amide bonds. The highest BCUT2D eigenvalue weighted by atomic mass is 14.9. The smallest absolute Gasteiger partial charge is 0.0868 e. The molecule has 0 atom stereocenters. The number of rotatable bonds is 3. The number of pyridine rings is 1. The van der Waals surface area contributed by atoms with Crippen molar-refractivity contribution in [2.24, 2.45) is 4.99 Å². The maximum absolute atomic E-state index is 4.00. The van der Waals surface area contributed by atoms with Crippen LogP contribution in [0.4, 0.5) is 5.69 Å². The minimum absolute atomic E-state index is 0.799. The van der Waals surface area contributed by atoms with Gasteiger partial charge in [0.2, 0.25) is 0 Å². The number of nitrogens with one attached hydrogen (secondary N) is 1. The van der Waals surface area contributed by atoms with E-state index in [2.05, 4.69) is 15.3 Å². The summed E-state index contributed by atoms with van der Waals surface area (Å²) in [6, 6.07) is 3.82. The molecule has 0 aliphatic carbocycles. The summed E-state index contributed by atoms with van der Waals surface area (Å²) in [6.45, 7) is 2.79. The van der Waals surface area contributed by atoms with Crippen molar-refractivity contribution < 1.29 is 0 Å². The van der Waals surface area contributed by atoms with Gasteiger partial charge in [0, 0.05) is 12.7 Å². The number of aliphatic imine (C=N–C) groups is 1. The maximum atomic E-state index is 4.00. The van der Waals surface area contributed by atoms with Crippen molar-refractivity contribution in [2.45, 2.75) is 6.92 Å². The zero-order valence-corrected chi connectivity index (χ0v) is 6.49. The number of hydrogen-bond acceptors (Lipinski definition) is 2. The summed E-state index contributed by atoms with van der Waals surface area (Å²) < 4.78 is 0. The van der Waals surface area contributed by atoms with Crippen LogP contribution in [0.15, 0.2) is 29.5 Å². The topological polar surface area (TPSA) is 37.3 Å². The second-order valence-electron chi connectivity index (χ2n) is 2.01. The summed E-state index contributed by atoms with van der Waals surface area (Å²) in [5.41, 5.74) is 0.963. The van der Waals surface area contributed by atoms with Crippen LogP contribution in [0.5, 0.6) is 0 Å². The van der Waals surface area contributed by atoms with Crippen LogP contribution in [0.2, 0.25) is 0 Å². The first-order valence-corrected chi connectivity index (χ1v) is 3.58. The van der Waals surface area contributed by atoms with Crippen molar-refractivity contribution in [1.82, 2.24) is 4.98 Å².